The summed E-state index contributed by atoms with van der Waals surface area (Å²) in [5, 5.41) is 9.76. The number of hydrogen-bond donors (Lipinski definition) is 1. The minimum absolute atomic E-state index is 0.254. The summed E-state index contributed by atoms with van der Waals surface area (Å²) in [6.45, 7) is 2.04. The fourth-order valence-electron chi connectivity index (χ4n) is 1.74. The number of aromatic nitrogens is 2. The fourth-order valence-corrected chi connectivity index (χ4v) is 2.13. The Kier molecular flexibility index (Phi) is 4.03. The van der Waals surface area contributed by atoms with Gasteiger partial charge in [0.15, 0.2) is 5.16 Å². The molecule has 0 aliphatic heterocycles. The highest BCUT2D eigenvalue weighted by Crippen LogP contribution is 2.20. The van der Waals surface area contributed by atoms with E-state index < -0.39 is 0 Å². The first-order valence-electron chi connectivity index (χ1n) is 5.80. The second kappa shape index (κ2) is 5.72. The van der Waals surface area contributed by atoms with Crippen molar-refractivity contribution < 1.29 is 0 Å². The summed E-state index contributed by atoms with van der Waals surface area (Å²) in [7, 11) is 0. The number of aryl methyl sites for hydroxylation is 1. The van der Waals surface area contributed by atoms with E-state index in [4.69, 9.17) is 11.0 Å². The van der Waals surface area contributed by atoms with E-state index in [2.05, 4.69) is 16.0 Å². The Morgan fingerprint density at radius 2 is 1.95 bits per heavy atom. The monoisotopic (exact) mass is 270 g/mol. The van der Waals surface area contributed by atoms with Gasteiger partial charge in [0.05, 0.1) is 5.69 Å². The molecule has 0 atom stereocenters. The molecule has 2 aromatic rings. The lowest BCUT2D eigenvalue weighted by Crippen LogP contribution is -2.05. The number of nitrogens with two attached hydrogens (primary N) is 1. The lowest BCUT2D eigenvalue weighted by molar-refractivity contribution is 0.904. The maximum atomic E-state index is 9.17. The molecular weight excluding hydrogens is 256 g/mol. The molecule has 0 aliphatic rings. The van der Waals surface area contributed by atoms with Gasteiger partial charge in [0.2, 0.25) is 0 Å². The van der Waals surface area contributed by atoms with Crippen LogP contribution in [0.2, 0.25) is 0 Å². The van der Waals surface area contributed by atoms with Crippen molar-refractivity contribution in [2.24, 2.45) is 0 Å². The van der Waals surface area contributed by atoms with Crippen LogP contribution in [-0.2, 0) is 6.42 Å². The molecule has 0 fully saturated rings. The molecule has 0 aliphatic carbocycles. The van der Waals surface area contributed by atoms with Crippen LogP contribution in [0.4, 0.5) is 5.82 Å². The zero-order chi connectivity index (χ0) is 13.8. The predicted molar refractivity (Wildman–Crippen MR) is 76.9 cm³/mol. The Morgan fingerprint density at radius 1 is 1.26 bits per heavy atom. The SMILES string of the molecule is CSc1nc(N)c(C#N)c(Cc2ccc(C)cc2)n1. The van der Waals surface area contributed by atoms with E-state index in [1.165, 1.54) is 17.3 Å². The van der Waals surface area contributed by atoms with Crippen molar-refractivity contribution in [2.45, 2.75) is 18.5 Å². The lowest BCUT2D eigenvalue weighted by Gasteiger charge is -2.07. The summed E-state index contributed by atoms with van der Waals surface area (Å²) in [5.74, 6) is 0.254. The molecule has 0 saturated heterocycles. The number of hydrogen-bond acceptors (Lipinski definition) is 5. The Labute approximate surface area is 116 Å². The predicted octanol–water partition coefficient (Wildman–Crippen LogP) is 2.55. The van der Waals surface area contributed by atoms with Gasteiger partial charge < -0.3 is 5.73 Å². The standard InChI is InChI=1S/C14H14N4S/c1-9-3-5-10(6-4-9)7-12-11(8-15)13(16)18-14(17-12)19-2/h3-6H,7H2,1-2H3,(H2,16,17,18). The van der Waals surface area contributed by atoms with Gasteiger partial charge in [-0.05, 0) is 18.7 Å². The smallest absolute Gasteiger partial charge is 0.189 e. The van der Waals surface area contributed by atoms with Crippen molar-refractivity contribution >= 4 is 17.6 Å². The van der Waals surface area contributed by atoms with Crippen molar-refractivity contribution in [1.82, 2.24) is 9.97 Å². The largest absolute Gasteiger partial charge is 0.382 e. The van der Waals surface area contributed by atoms with E-state index in [0.29, 0.717) is 22.8 Å². The number of nitriles is 1. The second-order valence-electron chi connectivity index (χ2n) is 4.19. The first-order valence-corrected chi connectivity index (χ1v) is 7.02. The molecular formula is C14H14N4S. The number of rotatable bonds is 3. The molecule has 0 saturated carbocycles. The van der Waals surface area contributed by atoms with Crippen molar-refractivity contribution in [1.29, 1.82) is 5.26 Å². The molecule has 0 amide bonds. The summed E-state index contributed by atoms with van der Waals surface area (Å²) >= 11 is 1.42. The Morgan fingerprint density at radius 3 is 2.53 bits per heavy atom. The minimum Gasteiger partial charge on any atom is -0.382 e. The third-order valence-corrected chi connectivity index (χ3v) is 3.33. The molecule has 0 spiro atoms. The molecule has 19 heavy (non-hydrogen) atoms. The van der Waals surface area contributed by atoms with Gasteiger partial charge >= 0.3 is 0 Å². The quantitative estimate of drug-likeness (QED) is 0.685. The molecule has 2 N–H and O–H groups in total. The Balaban J connectivity index is 2.41. The highest BCUT2D eigenvalue weighted by atomic mass is 32.2. The van der Waals surface area contributed by atoms with Crippen LogP contribution >= 0.6 is 11.8 Å². The van der Waals surface area contributed by atoms with Crippen molar-refractivity contribution in [3.05, 3.63) is 46.6 Å². The van der Waals surface area contributed by atoms with Gasteiger partial charge in [-0.2, -0.15) is 5.26 Å². The van der Waals surface area contributed by atoms with Gasteiger partial charge in [0.1, 0.15) is 17.5 Å². The normalized spacial score (nSPS) is 10.2. The second-order valence-corrected chi connectivity index (χ2v) is 4.96. The Hall–Kier alpha value is -2.06. The van der Waals surface area contributed by atoms with E-state index in [-0.39, 0.29) is 5.82 Å². The number of benzene rings is 1. The average molecular weight is 270 g/mol. The molecule has 5 heteroatoms. The molecule has 2 rings (SSSR count). The van der Waals surface area contributed by atoms with E-state index in [1.807, 2.05) is 37.4 Å². The van der Waals surface area contributed by atoms with Gasteiger partial charge in [0.25, 0.3) is 0 Å². The van der Waals surface area contributed by atoms with E-state index in [0.717, 1.165) is 5.56 Å². The van der Waals surface area contributed by atoms with E-state index in [1.54, 1.807) is 0 Å². The van der Waals surface area contributed by atoms with Crippen LogP contribution in [-0.4, -0.2) is 16.2 Å². The van der Waals surface area contributed by atoms with Gasteiger partial charge in [-0.1, -0.05) is 41.6 Å². The average Bonchev–Trinajstić information content (AvgIpc) is 2.41. The highest BCUT2D eigenvalue weighted by Gasteiger charge is 2.12. The number of anilines is 1. The Bertz CT molecular complexity index is 629. The van der Waals surface area contributed by atoms with Crippen LogP contribution in [0.3, 0.4) is 0 Å². The van der Waals surface area contributed by atoms with Crippen molar-refractivity contribution in [3.63, 3.8) is 0 Å². The summed E-state index contributed by atoms with van der Waals surface area (Å²) in [6, 6.07) is 10.2. The van der Waals surface area contributed by atoms with Crippen LogP contribution in [0, 0.1) is 18.3 Å². The first-order chi connectivity index (χ1) is 9.13. The van der Waals surface area contributed by atoms with Crippen LogP contribution in [0.1, 0.15) is 22.4 Å². The fraction of sp³-hybridized carbons (Fsp3) is 0.214. The van der Waals surface area contributed by atoms with E-state index in [9.17, 15) is 0 Å². The maximum absolute atomic E-state index is 9.17. The van der Waals surface area contributed by atoms with Crippen LogP contribution in [0.15, 0.2) is 29.4 Å². The maximum Gasteiger partial charge on any atom is 0.189 e. The molecule has 96 valence electrons. The zero-order valence-corrected chi connectivity index (χ0v) is 11.7. The molecule has 0 bridgehead atoms. The lowest BCUT2D eigenvalue weighted by atomic mass is 10.0. The van der Waals surface area contributed by atoms with Crippen molar-refractivity contribution in [2.75, 3.05) is 12.0 Å². The van der Waals surface area contributed by atoms with Crippen LogP contribution < -0.4 is 5.73 Å². The highest BCUT2D eigenvalue weighted by molar-refractivity contribution is 7.98. The molecule has 0 unspecified atom stereocenters. The summed E-state index contributed by atoms with van der Waals surface area (Å²) in [4.78, 5) is 8.48. The van der Waals surface area contributed by atoms with Gasteiger partial charge in [-0.15, -0.1) is 0 Å². The van der Waals surface area contributed by atoms with Gasteiger partial charge in [-0.3, -0.25) is 0 Å². The minimum atomic E-state index is 0.254. The number of nitrogen functional groups attached to an aromatic ring is 1. The number of nitrogens with zero attached hydrogens (tertiary/aromatic N) is 3. The molecule has 4 nitrogen and oxygen atoms in total. The van der Waals surface area contributed by atoms with Crippen LogP contribution in [0.25, 0.3) is 0 Å². The topological polar surface area (TPSA) is 75.6 Å². The van der Waals surface area contributed by atoms with Crippen molar-refractivity contribution in [3.8, 4) is 6.07 Å². The third-order valence-electron chi connectivity index (χ3n) is 2.78. The summed E-state index contributed by atoms with van der Waals surface area (Å²) in [6.07, 6.45) is 2.47. The molecule has 1 aromatic carbocycles. The summed E-state index contributed by atoms with van der Waals surface area (Å²) < 4.78 is 0. The third kappa shape index (κ3) is 3.04. The van der Waals surface area contributed by atoms with E-state index >= 15 is 0 Å². The number of thioether (sulfide) groups is 1. The zero-order valence-electron chi connectivity index (χ0n) is 10.8. The van der Waals surface area contributed by atoms with Gasteiger partial charge in [0, 0.05) is 6.42 Å². The first kappa shape index (κ1) is 13.4. The summed E-state index contributed by atoms with van der Waals surface area (Å²) in [5.41, 5.74) is 9.16. The molecule has 1 aromatic heterocycles. The molecule has 0 radical (unpaired) electrons. The molecule has 1 heterocycles. The van der Waals surface area contributed by atoms with Crippen LogP contribution in [0.5, 0.6) is 0 Å². The van der Waals surface area contributed by atoms with Gasteiger partial charge in [-0.25, -0.2) is 9.97 Å².